The average Bonchev–Trinajstić information content (AvgIpc) is 2.34. The Morgan fingerprint density at radius 3 is 2.78 bits per heavy atom. The summed E-state index contributed by atoms with van der Waals surface area (Å²) in [5, 5.41) is 13.4. The summed E-state index contributed by atoms with van der Waals surface area (Å²) in [7, 11) is 0. The Bertz CT molecular complexity index is 416. The molecule has 0 saturated carbocycles. The molecule has 1 aromatic carbocycles. The number of hydrogen-bond acceptors (Lipinski definition) is 4. The van der Waals surface area contributed by atoms with Crippen molar-refractivity contribution in [1.29, 1.82) is 0 Å². The van der Waals surface area contributed by atoms with Crippen LogP contribution >= 0.6 is 11.8 Å². The molecular formula is C11H14F2N2O2S. The van der Waals surface area contributed by atoms with Crippen LogP contribution in [0.2, 0.25) is 0 Å². The van der Waals surface area contributed by atoms with Gasteiger partial charge in [0.05, 0.1) is 4.92 Å². The van der Waals surface area contributed by atoms with Crippen molar-refractivity contribution < 1.29 is 13.7 Å². The van der Waals surface area contributed by atoms with Crippen LogP contribution < -0.4 is 5.32 Å². The molecule has 1 aromatic rings. The molecule has 0 aromatic heterocycles. The normalized spacial score (nSPS) is 10.7. The Balaban J connectivity index is 2.80. The molecule has 0 fully saturated rings. The molecule has 7 heteroatoms. The standard InChI is InChI=1S/C11H14F2N2O2S/c1-18-6-2-5-14-10-4-3-8(15(16)17)7-9(10)11(12)13/h3-4,7,11,14H,2,5-6H2,1H3. The number of nitro groups is 1. The van der Waals surface area contributed by atoms with Gasteiger partial charge in [-0.15, -0.1) is 0 Å². The molecule has 0 amide bonds. The van der Waals surface area contributed by atoms with Crippen LogP contribution in [0.3, 0.4) is 0 Å². The highest BCUT2D eigenvalue weighted by Gasteiger charge is 2.17. The van der Waals surface area contributed by atoms with E-state index in [-0.39, 0.29) is 16.9 Å². The number of nitrogens with zero attached hydrogens (tertiary/aromatic N) is 1. The molecule has 0 aliphatic carbocycles. The van der Waals surface area contributed by atoms with Gasteiger partial charge in [-0.25, -0.2) is 8.78 Å². The molecule has 0 saturated heterocycles. The number of nitrogens with one attached hydrogen (secondary N) is 1. The number of anilines is 1. The van der Waals surface area contributed by atoms with Gasteiger partial charge in [-0.1, -0.05) is 0 Å². The molecule has 1 N–H and O–H groups in total. The first-order valence-electron chi connectivity index (χ1n) is 5.35. The van der Waals surface area contributed by atoms with Gasteiger partial charge in [0.1, 0.15) is 0 Å². The van der Waals surface area contributed by atoms with E-state index in [9.17, 15) is 18.9 Å². The van der Waals surface area contributed by atoms with Gasteiger partial charge in [0.15, 0.2) is 0 Å². The first-order chi connectivity index (χ1) is 8.56. The van der Waals surface area contributed by atoms with Gasteiger partial charge in [-0.3, -0.25) is 10.1 Å². The second kappa shape index (κ2) is 7.15. The Hall–Kier alpha value is -1.37. The monoisotopic (exact) mass is 276 g/mol. The van der Waals surface area contributed by atoms with Crippen molar-refractivity contribution in [1.82, 2.24) is 0 Å². The summed E-state index contributed by atoms with van der Waals surface area (Å²) in [6, 6.07) is 3.48. The van der Waals surface area contributed by atoms with E-state index in [4.69, 9.17) is 0 Å². The molecule has 100 valence electrons. The third-order valence-electron chi connectivity index (χ3n) is 2.32. The number of alkyl halides is 2. The van der Waals surface area contributed by atoms with Crippen molar-refractivity contribution in [2.45, 2.75) is 12.8 Å². The summed E-state index contributed by atoms with van der Waals surface area (Å²) in [6.45, 7) is 0.568. The van der Waals surface area contributed by atoms with Crippen LogP contribution in [0.15, 0.2) is 18.2 Å². The van der Waals surface area contributed by atoms with Crippen LogP contribution in [-0.2, 0) is 0 Å². The number of hydrogen-bond donors (Lipinski definition) is 1. The van der Waals surface area contributed by atoms with Crippen molar-refractivity contribution in [3.05, 3.63) is 33.9 Å². The molecule has 0 bridgehead atoms. The van der Waals surface area contributed by atoms with Crippen molar-refractivity contribution >= 4 is 23.1 Å². The van der Waals surface area contributed by atoms with Crippen LogP contribution in [0, 0.1) is 10.1 Å². The van der Waals surface area contributed by atoms with Crippen molar-refractivity contribution in [2.24, 2.45) is 0 Å². The highest BCUT2D eigenvalue weighted by atomic mass is 32.2. The zero-order valence-corrected chi connectivity index (χ0v) is 10.7. The summed E-state index contributed by atoms with van der Waals surface area (Å²) in [4.78, 5) is 9.85. The molecule has 18 heavy (non-hydrogen) atoms. The third-order valence-corrected chi connectivity index (χ3v) is 3.02. The quantitative estimate of drug-likeness (QED) is 0.468. The van der Waals surface area contributed by atoms with Gasteiger partial charge in [0.2, 0.25) is 0 Å². The van der Waals surface area contributed by atoms with Crippen molar-refractivity contribution in [3.8, 4) is 0 Å². The highest BCUT2D eigenvalue weighted by molar-refractivity contribution is 7.98. The number of thioether (sulfide) groups is 1. The van der Waals surface area contributed by atoms with E-state index in [1.165, 1.54) is 12.1 Å². The maximum atomic E-state index is 12.8. The molecule has 0 radical (unpaired) electrons. The fraction of sp³-hybridized carbons (Fsp3) is 0.455. The minimum Gasteiger partial charge on any atom is -0.385 e. The molecule has 0 unspecified atom stereocenters. The minimum atomic E-state index is -2.73. The van der Waals surface area contributed by atoms with E-state index in [1.807, 2.05) is 6.26 Å². The molecule has 1 rings (SSSR count). The van der Waals surface area contributed by atoms with Gasteiger partial charge in [-0.2, -0.15) is 11.8 Å². The summed E-state index contributed by atoms with van der Waals surface area (Å²) < 4.78 is 25.6. The molecule has 0 aliphatic rings. The lowest BCUT2D eigenvalue weighted by atomic mass is 10.1. The smallest absolute Gasteiger partial charge is 0.270 e. The molecule has 4 nitrogen and oxygen atoms in total. The summed E-state index contributed by atoms with van der Waals surface area (Å²) in [5.41, 5.74) is -0.384. The fourth-order valence-corrected chi connectivity index (χ4v) is 1.88. The van der Waals surface area contributed by atoms with E-state index in [2.05, 4.69) is 5.32 Å². The third kappa shape index (κ3) is 4.14. The average molecular weight is 276 g/mol. The summed E-state index contributed by atoms with van der Waals surface area (Å²) in [5.74, 6) is 0.935. The number of non-ortho nitro benzene ring substituents is 1. The summed E-state index contributed by atoms with van der Waals surface area (Å²) in [6.07, 6.45) is 0.0880. The van der Waals surface area contributed by atoms with Crippen LogP contribution in [-0.4, -0.2) is 23.5 Å². The number of rotatable bonds is 7. The first-order valence-corrected chi connectivity index (χ1v) is 6.75. The predicted molar refractivity (Wildman–Crippen MR) is 69.5 cm³/mol. The Morgan fingerprint density at radius 2 is 2.22 bits per heavy atom. The lowest BCUT2D eigenvalue weighted by molar-refractivity contribution is -0.385. The SMILES string of the molecule is CSCCCNc1ccc([N+](=O)[O-])cc1C(F)F. The Labute approximate surface area is 108 Å². The second-order valence-electron chi connectivity index (χ2n) is 3.60. The maximum Gasteiger partial charge on any atom is 0.270 e. The lowest BCUT2D eigenvalue weighted by Gasteiger charge is -2.11. The van der Waals surface area contributed by atoms with Crippen LogP contribution in [0.5, 0.6) is 0 Å². The Morgan fingerprint density at radius 1 is 1.50 bits per heavy atom. The molecule has 0 spiro atoms. The predicted octanol–water partition coefficient (Wildman–Crippen LogP) is 3.70. The van der Waals surface area contributed by atoms with Gasteiger partial charge in [0.25, 0.3) is 12.1 Å². The van der Waals surface area contributed by atoms with Gasteiger partial charge in [-0.05, 0) is 24.5 Å². The number of halogens is 2. The topological polar surface area (TPSA) is 55.2 Å². The largest absolute Gasteiger partial charge is 0.385 e. The number of benzene rings is 1. The van der Waals surface area contributed by atoms with Gasteiger partial charge < -0.3 is 5.32 Å². The van der Waals surface area contributed by atoms with E-state index in [1.54, 1.807) is 11.8 Å². The molecule has 0 heterocycles. The minimum absolute atomic E-state index is 0.261. The van der Waals surface area contributed by atoms with Crippen LogP contribution in [0.25, 0.3) is 0 Å². The van der Waals surface area contributed by atoms with Crippen molar-refractivity contribution in [3.63, 3.8) is 0 Å². The Kier molecular flexibility index (Phi) is 5.84. The molecule has 0 aliphatic heterocycles. The van der Waals surface area contributed by atoms with Gasteiger partial charge in [0, 0.05) is 29.9 Å². The molecule has 0 atom stereocenters. The maximum absolute atomic E-state index is 12.8. The highest BCUT2D eigenvalue weighted by Crippen LogP contribution is 2.30. The summed E-state index contributed by atoms with van der Waals surface area (Å²) >= 11 is 1.68. The van der Waals surface area contributed by atoms with E-state index >= 15 is 0 Å². The lowest BCUT2D eigenvalue weighted by Crippen LogP contribution is -2.06. The van der Waals surface area contributed by atoms with Gasteiger partial charge >= 0.3 is 0 Å². The van der Waals surface area contributed by atoms with Crippen molar-refractivity contribution in [2.75, 3.05) is 23.9 Å². The molecular weight excluding hydrogens is 262 g/mol. The van der Waals surface area contributed by atoms with E-state index in [0.29, 0.717) is 6.54 Å². The zero-order chi connectivity index (χ0) is 13.5. The van der Waals surface area contributed by atoms with Crippen LogP contribution in [0.1, 0.15) is 18.4 Å². The van der Waals surface area contributed by atoms with Crippen LogP contribution in [0.4, 0.5) is 20.2 Å². The number of nitro benzene ring substituents is 1. The fourth-order valence-electron chi connectivity index (χ4n) is 1.44. The zero-order valence-electron chi connectivity index (χ0n) is 9.86. The van der Waals surface area contributed by atoms with E-state index in [0.717, 1.165) is 18.2 Å². The second-order valence-corrected chi connectivity index (χ2v) is 4.59. The van der Waals surface area contributed by atoms with E-state index < -0.39 is 11.3 Å². The first kappa shape index (κ1) is 14.7.